The van der Waals surface area contributed by atoms with Crippen LogP contribution in [0.2, 0.25) is 0 Å². The maximum atomic E-state index is 12.5. The Bertz CT molecular complexity index is 823. The van der Waals surface area contributed by atoms with E-state index in [0.717, 1.165) is 24.0 Å². The highest BCUT2D eigenvalue weighted by atomic mass is 16.2. The summed E-state index contributed by atoms with van der Waals surface area (Å²) >= 11 is 0. The molecule has 5 nitrogen and oxygen atoms in total. The third kappa shape index (κ3) is 3.60. The maximum absolute atomic E-state index is 12.5. The minimum Gasteiger partial charge on any atom is -0.312 e. The number of nitrogens with zero attached hydrogens (tertiary/aromatic N) is 2. The first-order valence-corrected chi connectivity index (χ1v) is 8.28. The Balaban J connectivity index is 1.77. The van der Waals surface area contributed by atoms with Gasteiger partial charge in [0.2, 0.25) is 5.91 Å². The fourth-order valence-corrected chi connectivity index (χ4v) is 2.84. The lowest BCUT2D eigenvalue weighted by atomic mass is 10.1. The van der Waals surface area contributed by atoms with Crippen LogP contribution in [-0.4, -0.2) is 23.8 Å². The van der Waals surface area contributed by atoms with Crippen LogP contribution in [0.25, 0.3) is 0 Å². The van der Waals surface area contributed by atoms with Gasteiger partial charge in [-0.15, -0.1) is 0 Å². The van der Waals surface area contributed by atoms with Crippen molar-refractivity contribution in [2.45, 2.75) is 25.7 Å². The second kappa shape index (κ2) is 6.89. The summed E-state index contributed by atoms with van der Waals surface area (Å²) in [6.45, 7) is 5.52. The third-order valence-electron chi connectivity index (χ3n) is 4.45. The molecule has 3 rings (SSSR count). The zero-order chi connectivity index (χ0) is 18.0. The summed E-state index contributed by atoms with van der Waals surface area (Å²) in [5, 5.41) is 2.92. The first kappa shape index (κ1) is 16.9. The summed E-state index contributed by atoms with van der Waals surface area (Å²) in [7, 11) is 1.66. The van der Waals surface area contributed by atoms with Crippen molar-refractivity contribution in [2.75, 3.05) is 17.3 Å². The molecule has 0 unspecified atom stereocenters. The topological polar surface area (TPSA) is 62.3 Å². The highest BCUT2D eigenvalue weighted by molar-refractivity contribution is 6.05. The van der Waals surface area contributed by atoms with Gasteiger partial charge in [0.1, 0.15) is 5.82 Å². The quantitative estimate of drug-likeness (QED) is 0.848. The number of hydrogen-bond acceptors (Lipinski definition) is 3. The number of aryl methyl sites for hydroxylation is 1. The molecule has 0 aliphatic heterocycles. The number of anilines is 2. The van der Waals surface area contributed by atoms with Crippen molar-refractivity contribution in [1.29, 1.82) is 0 Å². The van der Waals surface area contributed by atoms with Crippen molar-refractivity contribution in [1.82, 2.24) is 4.98 Å². The Morgan fingerprint density at radius 1 is 1.24 bits per heavy atom. The van der Waals surface area contributed by atoms with Crippen LogP contribution >= 0.6 is 0 Å². The molecule has 0 bridgehead atoms. The molecule has 1 fully saturated rings. The van der Waals surface area contributed by atoms with E-state index >= 15 is 0 Å². The summed E-state index contributed by atoms with van der Waals surface area (Å²) in [5.41, 5.74) is 3.53. The van der Waals surface area contributed by atoms with E-state index in [0.29, 0.717) is 23.0 Å². The lowest BCUT2D eigenvalue weighted by molar-refractivity contribution is -0.113. The van der Waals surface area contributed by atoms with Gasteiger partial charge >= 0.3 is 0 Å². The number of amides is 2. The maximum Gasteiger partial charge on any atom is 0.256 e. The molecule has 25 heavy (non-hydrogen) atoms. The van der Waals surface area contributed by atoms with E-state index in [2.05, 4.69) is 16.9 Å². The number of benzene rings is 1. The van der Waals surface area contributed by atoms with Crippen LogP contribution in [-0.2, 0) is 4.79 Å². The Hall–Kier alpha value is -2.95. The summed E-state index contributed by atoms with van der Waals surface area (Å²) in [5.74, 6) is 0.750. The Morgan fingerprint density at radius 3 is 2.52 bits per heavy atom. The average Bonchev–Trinajstić information content (AvgIpc) is 3.45. The zero-order valence-corrected chi connectivity index (χ0v) is 14.5. The highest BCUT2D eigenvalue weighted by Gasteiger charge is 2.29. The largest absolute Gasteiger partial charge is 0.312 e. The van der Waals surface area contributed by atoms with Gasteiger partial charge < -0.3 is 10.2 Å². The molecular weight excluding hydrogens is 314 g/mol. The van der Waals surface area contributed by atoms with Gasteiger partial charge in [0.25, 0.3) is 5.91 Å². The summed E-state index contributed by atoms with van der Waals surface area (Å²) in [4.78, 5) is 30.0. The van der Waals surface area contributed by atoms with Gasteiger partial charge in [0.05, 0.1) is 0 Å². The van der Waals surface area contributed by atoms with Crippen LogP contribution in [0.4, 0.5) is 11.5 Å². The van der Waals surface area contributed by atoms with E-state index in [-0.39, 0.29) is 11.8 Å². The summed E-state index contributed by atoms with van der Waals surface area (Å²) in [6.07, 6.45) is 5.26. The van der Waals surface area contributed by atoms with E-state index in [1.807, 2.05) is 13.0 Å². The molecule has 0 radical (unpaired) electrons. The predicted octanol–water partition coefficient (Wildman–Crippen LogP) is 3.67. The molecule has 5 heteroatoms. The molecule has 1 N–H and O–H groups in total. The van der Waals surface area contributed by atoms with E-state index in [4.69, 9.17) is 0 Å². The monoisotopic (exact) mass is 335 g/mol. The Morgan fingerprint density at radius 2 is 1.92 bits per heavy atom. The van der Waals surface area contributed by atoms with E-state index in [9.17, 15) is 9.59 Å². The van der Waals surface area contributed by atoms with Crippen LogP contribution < -0.4 is 10.2 Å². The molecule has 2 aromatic rings. The van der Waals surface area contributed by atoms with Crippen molar-refractivity contribution in [3.8, 4) is 0 Å². The van der Waals surface area contributed by atoms with E-state index < -0.39 is 0 Å². The van der Waals surface area contributed by atoms with Gasteiger partial charge in [-0.2, -0.15) is 0 Å². The number of hydrogen-bond donors (Lipinski definition) is 1. The summed E-state index contributed by atoms with van der Waals surface area (Å²) < 4.78 is 0. The molecule has 0 spiro atoms. The molecule has 1 aromatic carbocycles. The SMILES string of the molecule is C=CC(=O)N(C)c1ccc(C(=O)Nc2nccc(C)c2C2CC2)cc1. The number of nitrogens with one attached hydrogen (secondary N) is 1. The normalized spacial score (nSPS) is 13.2. The zero-order valence-electron chi connectivity index (χ0n) is 14.5. The number of rotatable bonds is 5. The fraction of sp³-hybridized carbons (Fsp3) is 0.250. The number of carbonyl (C=O) groups excluding carboxylic acids is 2. The van der Waals surface area contributed by atoms with Crippen LogP contribution in [0.15, 0.2) is 49.2 Å². The molecule has 0 atom stereocenters. The second-order valence-electron chi connectivity index (χ2n) is 6.27. The van der Waals surface area contributed by atoms with Crippen LogP contribution in [0.1, 0.15) is 40.2 Å². The Labute approximate surface area is 147 Å². The highest BCUT2D eigenvalue weighted by Crippen LogP contribution is 2.44. The van der Waals surface area contributed by atoms with Crippen LogP contribution in [0.3, 0.4) is 0 Å². The molecule has 1 aliphatic rings. The average molecular weight is 335 g/mol. The van der Waals surface area contributed by atoms with E-state index in [1.165, 1.54) is 11.0 Å². The third-order valence-corrected chi connectivity index (χ3v) is 4.45. The van der Waals surface area contributed by atoms with Crippen molar-refractivity contribution < 1.29 is 9.59 Å². The first-order valence-electron chi connectivity index (χ1n) is 8.28. The smallest absolute Gasteiger partial charge is 0.256 e. The number of likely N-dealkylation sites (N-methyl/N-ethyl adjacent to an activating group) is 1. The van der Waals surface area contributed by atoms with Gasteiger partial charge in [-0.3, -0.25) is 9.59 Å². The van der Waals surface area contributed by atoms with Crippen LogP contribution in [0, 0.1) is 6.92 Å². The van der Waals surface area contributed by atoms with Crippen LogP contribution in [0.5, 0.6) is 0 Å². The fourth-order valence-electron chi connectivity index (χ4n) is 2.84. The van der Waals surface area contributed by atoms with Gasteiger partial charge in [-0.05, 0) is 67.7 Å². The molecule has 2 amide bonds. The van der Waals surface area contributed by atoms with Crippen molar-refractivity contribution in [3.63, 3.8) is 0 Å². The molecule has 128 valence electrons. The van der Waals surface area contributed by atoms with Crippen molar-refractivity contribution >= 4 is 23.3 Å². The lowest BCUT2D eigenvalue weighted by Gasteiger charge is -2.16. The molecule has 1 aromatic heterocycles. The minimum atomic E-state index is -0.204. The molecule has 1 heterocycles. The van der Waals surface area contributed by atoms with Gasteiger partial charge in [-0.1, -0.05) is 6.58 Å². The van der Waals surface area contributed by atoms with Gasteiger partial charge in [0.15, 0.2) is 0 Å². The standard InChI is InChI=1S/C20H21N3O2/c1-4-17(24)23(3)16-9-7-15(8-10-16)20(25)22-19-18(14-5-6-14)13(2)11-12-21-19/h4,7-12,14H,1,5-6H2,2-3H3,(H,21,22,25). The molecule has 1 aliphatic carbocycles. The van der Waals surface area contributed by atoms with Crippen molar-refractivity contribution in [2.24, 2.45) is 0 Å². The number of aromatic nitrogens is 1. The minimum absolute atomic E-state index is 0.199. The number of pyridine rings is 1. The molecular formula is C20H21N3O2. The first-order chi connectivity index (χ1) is 12.0. The molecule has 1 saturated carbocycles. The summed E-state index contributed by atoms with van der Waals surface area (Å²) in [6, 6.07) is 8.85. The Kier molecular flexibility index (Phi) is 4.65. The van der Waals surface area contributed by atoms with Crippen molar-refractivity contribution in [3.05, 3.63) is 65.9 Å². The van der Waals surface area contributed by atoms with E-state index in [1.54, 1.807) is 37.5 Å². The second-order valence-corrected chi connectivity index (χ2v) is 6.27. The lowest BCUT2D eigenvalue weighted by Crippen LogP contribution is -2.23. The molecule has 0 saturated heterocycles. The van der Waals surface area contributed by atoms with Gasteiger partial charge in [0, 0.05) is 30.1 Å². The van der Waals surface area contributed by atoms with Gasteiger partial charge in [-0.25, -0.2) is 4.98 Å². The predicted molar refractivity (Wildman–Crippen MR) is 99.0 cm³/mol. The number of carbonyl (C=O) groups is 2.